The van der Waals surface area contributed by atoms with E-state index in [0.717, 1.165) is 0 Å². The predicted molar refractivity (Wildman–Crippen MR) is 69.5 cm³/mol. The van der Waals surface area contributed by atoms with Gasteiger partial charge in [0.1, 0.15) is 11.5 Å². The summed E-state index contributed by atoms with van der Waals surface area (Å²) in [5.74, 6) is 0.131. The molecule has 0 fully saturated rings. The van der Waals surface area contributed by atoms with Crippen LogP contribution in [0.15, 0.2) is 60.4 Å². The van der Waals surface area contributed by atoms with E-state index in [2.05, 4.69) is 0 Å². The third-order valence-corrected chi connectivity index (χ3v) is 2.78. The summed E-state index contributed by atoms with van der Waals surface area (Å²) in [6.45, 7) is 0. The first-order chi connectivity index (χ1) is 8.66. The van der Waals surface area contributed by atoms with Crippen molar-refractivity contribution in [2.75, 3.05) is 0 Å². The van der Waals surface area contributed by atoms with Crippen molar-refractivity contribution >= 4 is 5.78 Å². The van der Waals surface area contributed by atoms with E-state index in [1.54, 1.807) is 36.4 Å². The molecule has 1 unspecified atom stereocenters. The van der Waals surface area contributed by atoms with Gasteiger partial charge in [0.15, 0.2) is 5.78 Å². The molecule has 1 atom stereocenters. The number of aromatic hydroxyl groups is 1. The Kier molecular flexibility index (Phi) is 3.63. The molecule has 0 saturated carbocycles. The molecule has 3 nitrogen and oxygen atoms in total. The molecule has 2 rings (SSSR count). The average Bonchev–Trinajstić information content (AvgIpc) is 2.38. The highest BCUT2D eigenvalue weighted by Crippen LogP contribution is 2.19. The van der Waals surface area contributed by atoms with Crippen LogP contribution in [-0.4, -0.2) is 16.0 Å². The molecule has 0 bridgehead atoms. The summed E-state index contributed by atoms with van der Waals surface area (Å²) in [6.07, 6.45) is 9.06. The van der Waals surface area contributed by atoms with Crippen molar-refractivity contribution in [2.24, 2.45) is 5.92 Å². The van der Waals surface area contributed by atoms with Gasteiger partial charge in [0, 0.05) is 0 Å². The highest BCUT2D eigenvalue weighted by molar-refractivity contribution is 6.06. The van der Waals surface area contributed by atoms with Crippen LogP contribution in [0.4, 0.5) is 0 Å². The molecule has 0 radical (unpaired) electrons. The number of ketones is 1. The molecular formula is C15H14O3. The van der Waals surface area contributed by atoms with Crippen LogP contribution in [0.3, 0.4) is 0 Å². The standard InChI is InChI=1S/C15H14O3/c16-12-8-5-11(6-9-12)7-10-15(18)13-3-1-2-4-14(13)17/h1-5,7-11,16-17H,6H2. The van der Waals surface area contributed by atoms with Crippen molar-refractivity contribution in [1.29, 1.82) is 0 Å². The van der Waals surface area contributed by atoms with E-state index in [0.29, 0.717) is 12.0 Å². The number of carbonyl (C=O) groups is 1. The van der Waals surface area contributed by atoms with Crippen molar-refractivity contribution in [1.82, 2.24) is 0 Å². The number of phenols is 1. The van der Waals surface area contributed by atoms with Crippen molar-refractivity contribution in [3.63, 3.8) is 0 Å². The van der Waals surface area contributed by atoms with E-state index in [1.807, 2.05) is 6.08 Å². The Hall–Kier alpha value is -2.29. The van der Waals surface area contributed by atoms with Gasteiger partial charge in [-0.2, -0.15) is 0 Å². The van der Waals surface area contributed by atoms with Crippen LogP contribution in [0.2, 0.25) is 0 Å². The van der Waals surface area contributed by atoms with Crippen LogP contribution in [0, 0.1) is 5.92 Å². The van der Waals surface area contributed by atoms with Crippen molar-refractivity contribution in [3.8, 4) is 5.75 Å². The maximum Gasteiger partial charge on any atom is 0.189 e. The van der Waals surface area contributed by atoms with Crippen LogP contribution in [0.1, 0.15) is 16.8 Å². The number of aliphatic hydroxyl groups excluding tert-OH is 1. The zero-order valence-corrected chi connectivity index (χ0v) is 9.78. The third kappa shape index (κ3) is 2.88. The lowest BCUT2D eigenvalue weighted by Crippen LogP contribution is -1.99. The van der Waals surface area contributed by atoms with Crippen molar-refractivity contribution in [3.05, 3.63) is 66.0 Å². The van der Waals surface area contributed by atoms with Crippen LogP contribution in [-0.2, 0) is 0 Å². The largest absolute Gasteiger partial charge is 0.508 e. The van der Waals surface area contributed by atoms with E-state index in [1.165, 1.54) is 12.1 Å². The van der Waals surface area contributed by atoms with Crippen LogP contribution in [0.25, 0.3) is 0 Å². The second kappa shape index (κ2) is 5.36. The van der Waals surface area contributed by atoms with Gasteiger partial charge in [0.05, 0.1) is 5.56 Å². The van der Waals surface area contributed by atoms with Gasteiger partial charge in [0.2, 0.25) is 0 Å². The SMILES string of the molecule is O=C(C=CC1C=CC(O)=CC1)c1ccccc1O. The first-order valence-corrected chi connectivity index (χ1v) is 5.74. The first kappa shape index (κ1) is 12.2. The summed E-state index contributed by atoms with van der Waals surface area (Å²) < 4.78 is 0. The quantitative estimate of drug-likeness (QED) is 0.632. The molecule has 0 saturated heterocycles. The molecule has 0 amide bonds. The molecule has 18 heavy (non-hydrogen) atoms. The van der Waals surface area contributed by atoms with Gasteiger partial charge in [-0.05, 0) is 42.7 Å². The lowest BCUT2D eigenvalue weighted by molar-refractivity contribution is 0.104. The van der Waals surface area contributed by atoms with Gasteiger partial charge in [0.25, 0.3) is 0 Å². The molecule has 1 aromatic carbocycles. The summed E-state index contributed by atoms with van der Waals surface area (Å²) in [4.78, 5) is 11.8. The summed E-state index contributed by atoms with van der Waals surface area (Å²) in [5.41, 5.74) is 0.298. The highest BCUT2D eigenvalue weighted by atomic mass is 16.3. The smallest absolute Gasteiger partial charge is 0.189 e. The second-order valence-corrected chi connectivity index (χ2v) is 4.13. The number of carbonyl (C=O) groups excluding carboxylic acids is 1. The van der Waals surface area contributed by atoms with Gasteiger partial charge >= 0.3 is 0 Å². The zero-order chi connectivity index (χ0) is 13.0. The van der Waals surface area contributed by atoms with E-state index >= 15 is 0 Å². The Morgan fingerprint density at radius 2 is 2.06 bits per heavy atom. The van der Waals surface area contributed by atoms with Crippen LogP contribution < -0.4 is 0 Å². The predicted octanol–water partition coefficient (Wildman–Crippen LogP) is 3.15. The fourth-order valence-electron chi connectivity index (χ4n) is 1.75. The lowest BCUT2D eigenvalue weighted by atomic mass is 9.98. The van der Waals surface area contributed by atoms with E-state index in [-0.39, 0.29) is 23.2 Å². The molecule has 1 aliphatic rings. The van der Waals surface area contributed by atoms with Crippen molar-refractivity contribution in [2.45, 2.75) is 6.42 Å². The highest BCUT2D eigenvalue weighted by Gasteiger charge is 2.09. The molecule has 92 valence electrons. The Morgan fingerprint density at radius 1 is 1.28 bits per heavy atom. The lowest BCUT2D eigenvalue weighted by Gasteiger charge is -2.08. The minimum Gasteiger partial charge on any atom is -0.508 e. The number of hydrogen-bond acceptors (Lipinski definition) is 3. The van der Waals surface area contributed by atoms with Crippen molar-refractivity contribution < 1.29 is 15.0 Å². The molecule has 2 N–H and O–H groups in total. The normalized spacial score (nSPS) is 18.9. The van der Waals surface area contributed by atoms with Gasteiger partial charge in [-0.25, -0.2) is 0 Å². The molecule has 0 spiro atoms. The Labute approximate surface area is 105 Å². The van der Waals surface area contributed by atoms with E-state index in [9.17, 15) is 9.90 Å². The zero-order valence-electron chi connectivity index (χ0n) is 9.78. The number of allylic oxidation sites excluding steroid dienone is 5. The summed E-state index contributed by atoms with van der Waals surface area (Å²) in [5, 5.41) is 18.7. The maximum absolute atomic E-state index is 11.8. The molecule has 0 aromatic heterocycles. The monoisotopic (exact) mass is 242 g/mol. The maximum atomic E-state index is 11.8. The van der Waals surface area contributed by atoms with Crippen LogP contribution in [0.5, 0.6) is 5.75 Å². The van der Waals surface area contributed by atoms with Gasteiger partial charge in [-0.3, -0.25) is 4.79 Å². The molecular weight excluding hydrogens is 228 g/mol. The van der Waals surface area contributed by atoms with E-state index in [4.69, 9.17) is 5.11 Å². The molecule has 0 aliphatic heterocycles. The number of phenolic OH excluding ortho intramolecular Hbond substituents is 1. The molecule has 1 aromatic rings. The Bertz CT molecular complexity index is 538. The number of aliphatic hydroxyl groups is 1. The Morgan fingerprint density at radius 3 is 2.72 bits per heavy atom. The number of rotatable bonds is 3. The number of para-hydroxylation sites is 1. The summed E-state index contributed by atoms with van der Waals surface area (Å²) in [6, 6.07) is 6.46. The van der Waals surface area contributed by atoms with Gasteiger partial charge < -0.3 is 10.2 Å². The van der Waals surface area contributed by atoms with Gasteiger partial charge in [-0.1, -0.05) is 24.3 Å². The first-order valence-electron chi connectivity index (χ1n) is 5.74. The average molecular weight is 242 g/mol. The minimum absolute atomic E-state index is 0.0103. The van der Waals surface area contributed by atoms with E-state index < -0.39 is 0 Å². The molecule has 3 heteroatoms. The van der Waals surface area contributed by atoms with Crippen LogP contribution >= 0.6 is 0 Å². The topological polar surface area (TPSA) is 57.5 Å². The summed E-state index contributed by atoms with van der Waals surface area (Å²) >= 11 is 0. The molecule has 0 heterocycles. The fourth-order valence-corrected chi connectivity index (χ4v) is 1.75. The van der Waals surface area contributed by atoms with Gasteiger partial charge in [-0.15, -0.1) is 0 Å². The molecule has 1 aliphatic carbocycles. The summed E-state index contributed by atoms with van der Waals surface area (Å²) in [7, 11) is 0. The second-order valence-electron chi connectivity index (χ2n) is 4.13. The third-order valence-electron chi connectivity index (χ3n) is 2.78. The fraction of sp³-hybridized carbons (Fsp3) is 0.133. The number of hydrogen-bond donors (Lipinski definition) is 2. The minimum atomic E-state index is -0.222. The Balaban J connectivity index is 2.05. The number of benzene rings is 1.